The number of halogens is 3. The number of rotatable bonds is 7. The smallest absolute Gasteiger partial charge is 0.422 e. The molecule has 0 spiro atoms. The van der Waals surface area contributed by atoms with Gasteiger partial charge in [0.1, 0.15) is 5.75 Å². The minimum atomic E-state index is -4.38. The van der Waals surface area contributed by atoms with Gasteiger partial charge in [-0.15, -0.1) is 0 Å². The molecule has 1 aromatic heterocycles. The monoisotopic (exact) mass is 383 g/mol. The number of benzene rings is 1. The maximum Gasteiger partial charge on any atom is 0.422 e. The quantitative estimate of drug-likeness (QED) is 0.570. The molecule has 1 heterocycles. The van der Waals surface area contributed by atoms with Crippen molar-refractivity contribution in [3.63, 3.8) is 0 Å². The molecule has 0 radical (unpaired) electrons. The number of nitrogens with zero attached hydrogens (tertiary/aromatic N) is 3. The maximum atomic E-state index is 12.4. The van der Waals surface area contributed by atoms with Gasteiger partial charge in [-0.05, 0) is 30.5 Å². The second kappa shape index (κ2) is 9.29. The number of aryl methyl sites for hydroxylation is 2. The highest BCUT2D eigenvalue weighted by Crippen LogP contribution is 2.23. The summed E-state index contributed by atoms with van der Waals surface area (Å²) in [6.45, 7) is 1.43. The first-order chi connectivity index (χ1) is 12.8. The second-order valence-corrected chi connectivity index (χ2v) is 6.14. The van der Waals surface area contributed by atoms with Gasteiger partial charge in [0.25, 0.3) is 0 Å². The van der Waals surface area contributed by atoms with Gasteiger partial charge in [0.15, 0.2) is 12.6 Å². The number of hydrogen-bond acceptors (Lipinski definition) is 3. The summed E-state index contributed by atoms with van der Waals surface area (Å²) in [5.41, 5.74) is 2.55. The van der Waals surface area contributed by atoms with Crippen molar-refractivity contribution >= 4 is 5.96 Å². The molecule has 0 fully saturated rings. The second-order valence-electron chi connectivity index (χ2n) is 6.14. The normalized spacial score (nSPS) is 12.1. The van der Waals surface area contributed by atoms with Crippen LogP contribution in [0.1, 0.15) is 16.7 Å². The molecule has 0 aliphatic rings. The van der Waals surface area contributed by atoms with E-state index in [4.69, 9.17) is 4.74 Å². The van der Waals surface area contributed by atoms with E-state index in [1.165, 1.54) is 0 Å². The molecule has 0 atom stereocenters. The van der Waals surface area contributed by atoms with Crippen LogP contribution in [0, 0.1) is 6.92 Å². The number of aromatic nitrogens is 2. The SMILES string of the molecule is CN=C(NCCc1cnn(C)c1)NCc1ccc(C)cc1OCC(F)(F)F. The van der Waals surface area contributed by atoms with E-state index in [1.807, 2.05) is 19.3 Å². The third kappa shape index (κ3) is 7.20. The van der Waals surface area contributed by atoms with Crippen molar-refractivity contribution < 1.29 is 17.9 Å². The summed E-state index contributed by atoms with van der Waals surface area (Å²) in [6.07, 6.45) is 0.139. The Hall–Kier alpha value is -2.71. The minimum Gasteiger partial charge on any atom is -0.484 e. The van der Waals surface area contributed by atoms with E-state index in [1.54, 1.807) is 37.0 Å². The first kappa shape index (κ1) is 20.6. The Labute approximate surface area is 156 Å². The number of aliphatic imine (C=N–C) groups is 1. The van der Waals surface area contributed by atoms with E-state index >= 15 is 0 Å². The Morgan fingerprint density at radius 3 is 2.70 bits per heavy atom. The van der Waals surface area contributed by atoms with Gasteiger partial charge in [0, 0.05) is 38.9 Å². The third-order valence-corrected chi connectivity index (χ3v) is 3.75. The Morgan fingerprint density at radius 2 is 2.07 bits per heavy atom. The highest BCUT2D eigenvalue weighted by atomic mass is 19.4. The van der Waals surface area contributed by atoms with E-state index < -0.39 is 12.8 Å². The van der Waals surface area contributed by atoms with Crippen LogP contribution in [0.15, 0.2) is 35.6 Å². The Bertz CT molecular complexity index is 771. The van der Waals surface area contributed by atoms with Gasteiger partial charge in [0.05, 0.1) is 6.20 Å². The van der Waals surface area contributed by atoms with Gasteiger partial charge in [-0.2, -0.15) is 18.3 Å². The summed E-state index contributed by atoms with van der Waals surface area (Å²) in [7, 11) is 3.49. The van der Waals surface area contributed by atoms with Crippen LogP contribution in [0.4, 0.5) is 13.2 Å². The molecule has 2 rings (SSSR count). The van der Waals surface area contributed by atoms with Gasteiger partial charge in [-0.25, -0.2) is 0 Å². The molecule has 0 aliphatic carbocycles. The number of ether oxygens (including phenoxy) is 1. The third-order valence-electron chi connectivity index (χ3n) is 3.75. The average molecular weight is 383 g/mol. The highest BCUT2D eigenvalue weighted by molar-refractivity contribution is 5.79. The van der Waals surface area contributed by atoms with Crippen LogP contribution in [-0.2, 0) is 20.0 Å². The van der Waals surface area contributed by atoms with Crippen LogP contribution in [0.3, 0.4) is 0 Å². The van der Waals surface area contributed by atoms with E-state index in [9.17, 15) is 13.2 Å². The molecule has 2 N–H and O–H groups in total. The lowest BCUT2D eigenvalue weighted by Gasteiger charge is -2.16. The van der Waals surface area contributed by atoms with Gasteiger partial charge >= 0.3 is 6.18 Å². The zero-order chi connectivity index (χ0) is 19.9. The van der Waals surface area contributed by atoms with Crippen molar-refractivity contribution in [3.8, 4) is 5.75 Å². The summed E-state index contributed by atoms with van der Waals surface area (Å²) in [6, 6.07) is 5.17. The standard InChI is InChI=1S/C18H24F3N5O/c1-13-4-5-15(16(8-13)27-12-18(19,20)21)10-24-17(22-2)23-7-6-14-9-25-26(3)11-14/h4-5,8-9,11H,6-7,10,12H2,1-3H3,(H2,22,23,24). The average Bonchev–Trinajstić information content (AvgIpc) is 3.01. The molecule has 9 heteroatoms. The van der Waals surface area contributed by atoms with E-state index in [0.717, 1.165) is 17.5 Å². The Kier molecular flexibility index (Phi) is 7.09. The lowest BCUT2D eigenvalue weighted by Crippen LogP contribution is -2.38. The fraction of sp³-hybridized carbons (Fsp3) is 0.444. The van der Waals surface area contributed by atoms with Crippen LogP contribution >= 0.6 is 0 Å². The van der Waals surface area contributed by atoms with Crippen molar-refractivity contribution in [3.05, 3.63) is 47.3 Å². The topological polar surface area (TPSA) is 63.5 Å². The molecule has 0 bridgehead atoms. The molecule has 0 saturated heterocycles. The first-order valence-corrected chi connectivity index (χ1v) is 8.48. The predicted octanol–water partition coefficient (Wildman–Crippen LogP) is 2.58. The first-order valence-electron chi connectivity index (χ1n) is 8.48. The van der Waals surface area contributed by atoms with Crippen molar-refractivity contribution in [2.24, 2.45) is 12.0 Å². The Balaban J connectivity index is 1.89. The summed E-state index contributed by atoms with van der Waals surface area (Å²) in [5.74, 6) is 0.770. The summed E-state index contributed by atoms with van der Waals surface area (Å²) in [5, 5.41) is 10.4. The summed E-state index contributed by atoms with van der Waals surface area (Å²) in [4.78, 5) is 4.12. The fourth-order valence-corrected chi connectivity index (χ4v) is 2.43. The van der Waals surface area contributed by atoms with Crippen LogP contribution in [0.2, 0.25) is 0 Å². The Morgan fingerprint density at radius 1 is 1.30 bits per heavy atom. The molecule has 1 aromatic carbocycles. The molecule has 0 amide bonds. The molecule has 27 heavy (non-hydrogen) atoms. The minimum absolute atomic E-state index is 0.214. The van der Waals surface area contributed by atoms with Crippen LogP contribution in [0.5, 0.6) is 5.75 Å². The molecule has 0 aliphatic heterocycles. The molecule has 0 saturated carbocycles. The van der Waals surface area contributed by atoms with E-state index in [0.29, 0.717) is 24.6 Å². The van der Waals surface area contributed by atoms with Crippen LogP contribution in [-0.4, -0.2) is 42.1 Å². The number of guanidine groups is 1. The summed E-state index contributed by atoms with van der Waals surface area (Å²) < 4.78 is 44.0. The van der Waals surface area contributed by atoms with Crippen molar-refractivity contribution in [1.82, 2.24) is 20.4 Å². The molecule has 0 unspecified atom stereocenters. The van der Waals surface area contributed by atoms with Gasteiger partial charge in [-0.1, -0.05) is 12.1 Å². The van der Waals surface area contributed by atoms with Crippen molar-refractivity contribution in [2.75, 3.05) is 20.2 Å². The predicted molar refractivity (Wildman–Crippen MR) is 97.8 cm³/mol. The molecule has 148 valence electrons. The zero-order valence-electron chi connectivity index (χ0n) is 15.6. The largest absolute Gasteiger partial charge is 0.484 e. The van der Waals surface area contributed by atoms with Gasteiger partial charge in [-0.3, -0.25) is 9.67 Å². The van der Waals surface area contributed by atoms with Crippen LogP contribution in [0.25, 0.3) is 0 Å². The summed E-state index contributed by atoms with van der Waals surface area (Å²) >= 11 is 0. The number of hydrogen-bond donors (Lipinski definition) is 2. The molecular formula is C18H24F3N5O. The lowest BCUT2D eigenvalue weighted by atomic mass is 10.1. The molecule has 6 nitrogen and oxygen atoms in total. The fourth-order valence-electron chi connectivity index (χ4n) is 2.43. The maximum absolute atomic E-state index is 12.4. The van der Waals surface area contributed by atoms with Crippen molar-refractivity contribution in [1.29, 1.82) is 0 Å². The van der Waals surface area contributed by atoms with E-state index in [-0.39, 0.29) is 5.75 Å². The zero-order valence-corrected chi connectivity index (χ0v) is 15.6. The van der Waals surface area contributed by atoms with E-state index in [2.05, 4.69) is 20.7 Å². The number of nitrogens with one attached hydrogen (secondary N) is 2. The van der Waals surface area contributed by atoms with Gasteiger partial charge in [0.2, 0.25) is 0 Å². The van der Waals surface area contributed by atoms with Gasteiger partial charge < -0.3 is 15.4 Å². The lowest BCUT2D eigenvalue weighted by molar-refractivity contribution is -0.153. The molecular weight excluding hydrogens is 359 g/mol. The molecule has 2 aromatic rings. The highest BCUT2D eigenvalue weighted by Gasteiger charge is 2.28. The van der Waals surface area contributed by atoms with Crippen LogP contribution < -0.4 is 15.4 Å². The van der Waals surface area contributed by atoms with Crippen molar-refractivity contribution in [2.45, 2.75) is 26.1 Å². The number of alkyl halides is 3.